The first-order valence-electron chi connectivity index (χ1n) is 3.29. The van der Waals surface area contributed by atoms with Crippen molar-refractivity contribution in [3.8, 4) is 0 Å². The molecule has 0 radical (unpaired) electrons. The zero-order chi connectivity index (χ0) is 6.69. The second-order valence-electron chi connectivity index (χ2n) is 2.34. The highest BCUT2D eigenvalue weighted by molar-refractivity contribution is 5.20. The van der Waals surface area contributed by atoms with E-state index in [1.807, 2.05) is 6.92 Å². The minimum Gasteiger partial charge on any atom is -0.494 e. The van der Waals surface area contributed by atoms with Crippen LogP contribution in [-0.2, 0) is 4.74 Å². The van der Waals surface area contributed by atoms with Crippen molar-refractivity contribution >= 4 is 0 Å². The van der Waals surface area contributed by atoms with Crippen LogP contribution in [0.1, 0.15) is 19.8 Å². The molecule has 0 amide bonds. The molecule has 1 heterocycles. The van der Waals surface area contributed by atoms with Crippen LogP contribution in [0.5, 0.6) is 0 Å². The molecule has 9 heavy (non-hydrogen) atoms. The van der Waals surface area contributed by atoms with Gasteiger partial charge < -0.3 is 4.74 Å². The quantitative estimate of drug-likeness (QED) is 0.521. The lowest BCUT2D eigenvalue weighted by Gasteiger charge is -2.13. The van der Waals surface area contributed by atoms with Crippen LogP contribution in [0.4, 0.5) is 0 Å². The Kier molecular flexibility index (Phi) is 1.93. The Morgan fingerprint density at radius 1 is 1.78 bits per heavy atom. The summed E-state index contributed by atoms with van der Waals surface area (Å²) in [6.45, 7) is 6.61. The maximum absolute atomic E-state index is 5.30. The molecule has 0 saturated carbocycles. The summed E-state index contributed by atoms with van der Waals surface area (Å²) in [5.74, 6) is 0.987. The minimum absolute atomic E-state index is 0.860. The predicted molar refractivity (Wildman–Crippen MR) is 38.1 cm³/mol. The van der Waals surface area contributed by atoms with E-state index in [-0.39, 0.29) is 0 Å². The normalized spacial score (nSPS) is 18.1. The first-order valence-corrected chi connectivity index (χ1v) is 3.29. The van der Waals surface area contributed by atoms with E-state index in [0.29, 0.717) is 0 Å². The van der Waals surface area contributed by atoms with Crippen LogP contribution in [0.3, 0.4) is 0 Å². The largest absolute Gasteiger partial charge is 0.494 e. The van der Waals surface area contributed by atoms with Gasteiger partial charge in [0.15, 0.2) is 0 Å². The van der Waals surface area contributed by atoms with Crippen molar-refractivity contribution in [2.75, 3.05) is 6.61 Å². The van der Waals surface area contributed by atoms with Crippen molar-refractivity contribution in [3.05, 3.63) is 24.0 Å². The van der Waals surface area contributed by atoms with Crippen LogP contribution in [0.15, 0.2) is 24.0 Å². The highest BCUT2D eigenvalue weighted by Crippen LogP contribution is 2.15. The number of hydrogen-bond donors (Lipinski definition) is 0. The van der Waals surface area contributed by atoms with E-state index in [2.05, 4.69) is 12.7 Å². The van der Waals surface area contributed by atoms with Gasteiger partial charge in [-0.05, 0) is 31.4 Å². The van der Waals surface area contributed by atoms with Crippen molar-refractivity contribution in [2.45, 2.75) is 19.8 Å². The summed E-state index contributed by atoms with van der Waals surface area (Å²) in [4.78, 5) is 0. The zero-order valence-corrected chi connectivity index (χ0v) is 5.81. The maximum Gasteiger partial charge on any atom is 0.117 e. The van der Waals surface area contributed by atoms with Gasteiger partial charge in [0.1, 0.15) is 5.76 Å². The Hall–Kier alpha value is -0.720. The van der Waals surface area contributed by atoms with Crippen LogP contribution >= 0.6 is 0 Å². The molecule has 0 unspecified atom stereocenters. The number of allylic oxidation sites excluding steroid dienone is 2. The van der Waals surface area contributed by atoms with Gasteiger partial charge in [0, 0.05) is 0 Å². The average molecular weight is 124 g/mol. The molecule has 1 rings (SSSR count). The van der Waals surface area contributed by atoms with Crippen molar-refractivity contribution in [1.82, 2.24) is 0 Å². The van der Waals surface area contributed by atoms with E-state index in [1.54, 1.807) is 0 Å². The molecule has 0 bridgehead atoms. The standard InChI is InChI=1S/C8H12O/c1-7(2)8-5-3-4-6-9-8/h5H,1,3-4,6H2,2H3. The highest BCUT2D eigenvalue weighted by atomic mass is 16.5. The van der Waals surface area contributed by atoms with E-state index in [9.17, 15) is 0 Å². The summed E-state index contributed by atoms with van der Waals surface area (Å²) in [5.41, 5.74) is 1.04. The Balaban J connectivity index is 2.57. The molecule has 0 N–H and O–H groups in total. The summed E-state index contributed by atoms with van der Waals surface area (Å²) in [6.07, 6.45) is 4.39. The first kappa shape index (κ1) is 6.40. The smallest absolute Gasteiger partial charge is 0.117 e. The molecule has 0 aromatic rings. The molecular weight excluding hydrogens is 112 g/mol. The summed E-state index contributed by atoms with van der Waals surface area (Å²) in [6, 6.07) is 0. The maximum atomic E-state index is 5.30. The molecule has 0 aromatic heterocycles. The van der Waals surface area contributed by atoms with E-state index in [4.69, 9.17) is 4.74 Å². The molecule has 0 aliphatic carbocycles. The third kappa shape index (κ3) is 1.60. The van der Waals surface area contributed by atoms with Crippen LogP contribution in [0, 0.1) is 0 Å². The van der Waals surface area contributed by atoms with E-state index < -0.39 is 0 Å². The van der Waals surface area contributed by atoms with Gasteiger partial charge in [-0.15, -0.1) is 0 Å². The van der Waals surface area contributed by atoms with Gasteiger partial charge in [-0.1, -0.05) is 6.58 Å². The molecule has 1 aliphatic heterocycles. The second kappa shape index (κ2) is 2.72. The lowest BCUT2D eigenvalue weighted by Crippen LogP contribution is -2.00. The molecule has 0 atom stereocenters. The van der Waals surface area contributed by atoms with Gasteiger partial charge in [-0.3, -0.25) is 0 Å². The summed E-state index contributed by atoms with van der Waals surface area (Å²) in [7, 11) is 0. The lowest BCUT2D eigenvalue weighted by molar-refractivity contribution is 0.201. The Bertz CT molecular complexity index is 145. The first-order chi connectivity index (χ1) is 4.30. The Labute approximate surface area is 56.0 Å². The number of rotatable bonds is 1. The molecular formula is C8H12O. The summed E-state index contributed by atoms with van der Waals surface area (Å²) in [5, 5.41) is 0. The molecule has 0 spiro atoms. The molecule has 1 heteroatoms. The highest BCUT2D eigenvalue weighted by Gasteiger charge is 2.02. The topological polar surface area (TPSA) is 9.23 Å². The number of hydrogen-bond acceptors (Lipinski definition) is 1. The molecule has 1 aliphatic rings. The number of ether oxygens (including phenoxy) is 1. The average Bonchev–Trinajstić information content (AvgIpc) is 1.90. The third-order valence-corrected chi connectivity index (χ3v) is 1.36. The van der Waals surface area contributed by atoms with E-state index in [1.165, 1.54) is 0 Å². The van der Waals surface area contributed by atoms with Crippen molar-refractivity contribution < 1.29 is 4.74 Å². The fourth-order valence-corrected chi connectivity index (χ4v) is 0.855. The van der Waals surface area contributed by atoms with Crippen molar-refractivity contribution in [3.63, 3.8) is 0 Å². The van der Waals surface area contributed by atoms with Crippen LogP contribution in [-0.4, -0.2) is 6.61 Å². The minimum atomic E-state index is 0.860. The third-order valence-electron chi connectivity index (χ3n) is 1.36. The Morgan fingerprint density at radius 3 is 2.89 bits per heavy atom. The summed E-state index contributed by atoms with van der Waals surface area (Å²) >= 11 is 0. The SMILES string of the molecule is C=C(C)C1=CCCCO1. The second-order valence-corrected chi connectivity index (χ2v) is 2.34. The molecule has 0 fully saturated rings. The van der Waals surface area contributed by atoms with Gasteiger partial charge >= 0.3 is 0 Å². The predicted octanol–water partition coefficient (Wildman–Crippen LogP) is 2.26. The summed E-state index contributed by atoms with van der Waals surface area (Å²) < 4.78 is 5.30. The van der Waals surface area contributed by atoms with Crippen molar-refractivity contribution in [1.29, 1.82) is 0 Å². The fraction of sp³-hybridized carbons (Fsp3) is 0.500. The van der Waals surface area contributed by atoms with E-state index >= 15 is 0 Å². The molecule has 1 nitrogen and oxygen atoms in total. The van der Waals surface area contributed by atoms with Crippen LogP contribution in [0.2, 0.25) is 0 Å². The van der Waals surface area contributed by atoms with Gasteiger partial charge in [0.2, 0.25) is 0 Å². The van der Waals surface area contributed by atoms with Gasteiger partial charge in [-0.25, -0.2) is 0 Å². The zero-order valence-electron chi connectivity index (χ0n) is 5.81. The van der Waals surface area contributed by atoms with Gasteiger partial charge in [-0.2, -0.15) is 0 Å². The van der Waals surface area contributed by atoms with Crippen LogP contribution < -0.4 is 0 Å². The van der Waals surface area contributed by atoms with E-state index in [0.717, 1.165) is 30.8 Å². The Morgan fingerprint density at radius 2 is 2.56 bits per heavy atom. The fourth-order valence-electron chi connectivity index (χ4n) is 0.855. The van der Waals surface area contributed by atoms with Crippen molar-refractivity contribution in [2.24, 2.45) is 0 Å². The molecule has 0 aromatic carbocycles. The molecule has 0 saturated heterocycles. The molecule has 50 valence electrons. The van der Waals surface area contributed by atoms with Gasteiger partial charge in [0.25, 0.3) is 0 Å². The monoisotopic (exact) mass is 124 g/mol. The lowest BCUT2D eigenvalue weighted by atomic mass is 10.2. The van der Waals surface area contributed by atoms with Crippen LogP contribution in [0.25, 0.3) is 0 Å². The van der Waals surface area contributed by atoms with Gasteiger partial charge in [0.05, 0.1) is 6.61 Å².